The van der Waals surface area contributed by atoms with Crippen molar-refractivity contribution in [2.24, 2.45) is 0 Å². The molecule has 0 aromatic heterocycles. The molecule has 0 unspecified atom stereocenters. The number of carbonyl (C=O) groups excluding carboxylic acids is 2. The Hall–Kier alpha value is -3.89. The van der Waals surface area contributed by atoms with Crippen molar-refractivity contribution >= 4 is 23.2 Å². The van der Waals surface area contributed by atoms with Crippen LogP contribution in [0.1, 0.15) is 20.7 Å². The fourth-order valence-electron chi connectivity index (χ4n) is 1.80. The van der Waals surface area contributed by atoms with Crippen LogP contribution < -0.4 is 10.9 Å². The largest absolute Gasteiger partial charge is 0.277 e. The van der Waals surface area contributed by atoms with Crippen molar-refractivity contribution in [2.45, 2.75) is 0 Å². The Kier molecular flexibility index (Phi) is 4.98. The van der Waals surface area contributed by atoms with Crippen LogP contribution in [0.3, 0.4) is 0 Å². The molecule has 0 saturated carbocycles. The Morgan fingerprint density at radius 1 is 0.800 bits per heavy atom. The normalized spacial score (nSPS) is 9.96. The van der Waals surface area contributed by atoms with Crippen LogP contribution >= 0.6 is 0 Å². The molecule has 0 fully saturated rings. The Labute approximate surface area is 138 Å². The van der Waals surface area contributed by atoms with Crippen molar-refractivity contribution in [2.75, 3.05) is 0 Å². The third-order valence-electron chi connectivity index (χ3n) is 2.98. The van der Waals surface area contributed by atoms with E-state index in [9.17, 15) is 34.2 Å². The third kappa shape index (κ3) is 4.31. The number of carbonyl (C=O) groups is 2. The lowest BCUT2D eigenvalue weighted by Gasteiger charge is -2.07. The fourth-order valence-corrected chi connectivity index (χ4v) is 1.80. The van der Waals surface area contributed by atoms with Gasteiger partial charge in [0.15, 0.2) is 0 Å². The second kappa shape index (κ2) is 7.12. The average molecular weight is 348 g/mol. The number of nitrogens with one attached hydrogen (secondary N) is 2. The Morgan fingerprint density at radius 2 is 1.24 bits per heavy atom. The topological polar surface area (TPSA) is 144 Å². The average Bonchev–Trinajstić information content (AvgIpc) is 2.59. The van der Waals surface area contributed by atoms with Gasteiger partial charge in [-0.1, -0.05) is 0 Å². The van der Waals surface area contributed by atoms with Crippen LogP contribution in [-0.2, 0) is 0 Å². The summed E-state index contributed by atoms with van der Waals surface area (Å²) in [5.41, 5.74) is 2.34. The summed E-state index contributed by atoms with van der Waals surface area (Å²) in [5, 5.41) is 21.6. The van der Waals surface area contributed by atoms with Crippen LogP contribution in [0.4, 0.5) is 15.8 Å². The predicted octanol–water partition coefficient (Wildman–Crippen LogP) is 1.72. The maximum atomic E-state index is 12.8. The molecule has 0 bridgehead atoms. The number of hydrogen-bond acceptors (Lipinski definition) is 6. The van der Waals surface area contributed by atoms with Crippen LogP contribution in [0.15, 0.2) is 42.5 Å². The number of non-ortho nitro benzene ring substituents is 2. The number of amides is 2. The number of benzene rings is 2. The van der Waals surface area contributed by atoms with Crippen molar-refractivity contribution in [3.63, 3.8) is 0 Å². The first-order valence-electron chi connectivity index (χ1n) is 6.58. The lowest BCUT2D eigenvalue weighted by atomic mass is 10.1. The third-order valence-corrected chi connectivity index (χ3v) is 2.98. The Balaban J connectivity index is 2.14. The number of nitrogens with zero attached hydrogens (tertiary/aromatic N) is 2. The van der Waals surface area contributed by atoms with E-state index in [0.29, 0.717) is 6.07 Å². The Bertz CT molecular complexity index is 836. The zero-order valence-electron chi connectivity index (χ0n) is 12.3. The molecule has 0 aliphatic carbocycles. The van der Waals surface area contributed by atoms with E-state index in [2.05, 4.69) is 0 Å². The van der Waals surface area contributed by atoms with Gasteiger partial charge in [-0.2, -0.15) is 0 Å². The van der Waals surface area contributed by atoms with E-state index in [1.807, 2.05) is 10.9 Å². The summed E-state index contributed by atoms with van der Waals surface area (Å²) in [6.07, 6.45) is 0. The van der Waals surface area contributed by atoms with Gasteiger partial charge in [0.25, 0.3) is 23.2 Å². The van der Waals surface area contributed by atoms with Gasteiger partial charge in [0.2, 0.25) is 0 Å². The highest BCUT2D eigenvalue weighted by Gasteiger charge is 2.20. The van der Waals surface area contributed by atoms with Gasteiger partial charge in [-0.3, -0.25) is 40.7 Å². The molecular weight excluding hydrogens is 339 g/mol. The SMILES string of the molecule is O=C(NNC(=O)c1cc([N+](=O)[O-])cc([N+](=O)[O-])c1)c1ccc(F)cc1. The summed E-state index contributed by atoms with van der Waals surface area (Å²) >= 11 is 0. The van der Waals surface area contributed by atoms with E-state index in [4.69, 9.17) is 0 Å². The molecule has 11 heteroatoms. The lowest BCUT2D eigenvalue weighted by molar-refractivity contribution is -0.394. The van der Waals surface area contributed by atoms with Gasteiger partial charge in [0.05, 0.1) is 21.5 Å². The molecule has 0 atom stereocenters. The quantitative estimate of drug-likeness (QED) is 0.635. The maximum Gasteiger partial charge on any atom is 0.277 e. The molecule has 10 nitrogen and oxygen atoms in total. The van der Waals surface area contributed by atoms with E-state index in [1.165, 1.54) is 12.1 Å². The molecule has 128 valence electrons. The molecule has 2 aromatic carbocycles. The molecule has 2 rings (SSSR count). The van der Waals surface area contributed by atoms with E-state index >= 15 is 0 Å². The van der Waals surface area contributed by atoms with Crippen molar-refractivity contribution in [1.29, 1.82) is 0 Å². The minimum Gasteiger partial charge on any atom is -0.267 e. The first-order valence-corrected chi connectivity index (χ1v) is 6.58. The molecule has 25 heavy (non-hydrogen) atoms. The van der Waals surface area contributed by atoms with Crippen molar-refractivity contribution < 1.29 is 23.8 Å². The van der Waals surface area contributed by atoms with Crippen LogP contribution in [-0.4, -0.2) is 21.7 Å². The second-order valence-electron chi connectivity index (χ2n) is 4.67. The number of halogens is 1. The summed E-state index contributed by atoms with van der Waals surface area (Å²) in [6.45, 7) is 0. The standard InChI is InChI=1S/C14H9FN4O6/c15-10-3-1-8(2-4-10)13(20)16-17-14(21)9-5-11(18(22)23)7-12(6-9)19(24)25/h1-7H,(H,16,20)(H,17,21). The summed E-state index contributed by atoms with van der Waals surface area (Å²) in [6, 6.07) is 6.79. The second-order valence-corrected chi connectivity index (χ2v) is 4.67. The van der Waals surface area contributed by atoms with Crippen LogP contribution in [0.2, 0.25) is 0 Å². The van der Waals surface area contributed by atoms with Crippen molar-refractivity contribution in [3.8, 4) is 0 Å². The summed E-state index contributed by atoms with van der Waals surface area (Å²) in [5.74, 6) is -2.32. The molecule has 0 saturated heterocycles. The number of hydrogen-bond donors (Lipinski definition) is 2. The van der Waals surface area contributed by atoms with Gasteiger partial charge >= 0.3 is 0 Å². The first-order chi connectivity index (χ1) is 11.8. The Morgan fingerprint density at radius 3 is 1.68 bits per heavy atom. The number of rotatable bonds is 4. The molecular formula is C14H9FN4O6. The molecule has 2 N–H and O–H groups in total. The van der Waals surface area contributed by atoms with Crippen LogP contribution in [0.5, 0.6) is 0 Å². The van der Waals surface area contributed by atoms with Gasteiger partial charge in [0.1, 0.15) is 5.82 Å². The maximum absolute atomic E-state index is 12.8. The van der Waals surface area contributed by atoms with Crippen molar-refractivity contribution in [3.05, 3.63) is 79.6 Å². The highest BCUT2D eigenvalue weighted by molar-refractivity contribution is 5.99. The number of nitro groups is 2. The van der Waals surface area contributed by atoms with Crippen LogP contribution in [0.25, 0.3) is 0 Å². The monoisotopic (exact) mass is 348 g/mol. The smallest absolute Gasteiger partial charge is 0.267 e. The first kappa shape index (κ1) is 17.5. The molecule has 0 spiro atoms. The van der Waals surface area contributed by atoms with Gasteiger partial charge in [0, 0.05) is 17.7 Å². The van der Waals surface area contributed by atoms with Gasteiger partial charge in [-0.25, -0.2) is 4.39 Å². The molecule has 2 amide bonds. The highest BCUT2D eigenvalue weighted by Crippen LogP contribution is 2.22. The van der Waals surface area contributed by atoms with Gasteiger partial charge in [-0.05, 0) is 24.3 Å². The minimum atomic E-state index is -0.998. The zero-order chi connectivity index (χ0) is 18.6. The fraction of sp³-hybridized carbons (Fsp3) is 0. The van der Waals surface area contributed by atoms with Gasteiger partial charge in [-0.15, -0.1) is 0 Å². The number of nitro benzene ring substituents is 2. The summed E-state index contributed by atoms with van der Waals surface area (Å²) in [4.78, 5) is 43.5. The summed E-state index contributed by atoms with van der Waals surface area (Å²) in [7, 11) is 0. The molecule has 0 radical (unpaired) electrons. The molecule has 0 aliphatic rings. The predicted molar refractivity (Wildman–Crippen MR) is 81.1 cm³/mol. The van der Waals surface area contributed by atoms with Gasteiger partial charge < -0.3 is 0 Å². The van der Waals surface area contributed by atoms with E-state index in [-0.39, 0.29) is 11.1 Å². The summed E-state index contributed by atoms with van der Waals surface area (Å²) < 4.78 is 12.8. The highest BCUT2D eigenvalue weighted by atomic mass is 19.1. The number of hydrazine groups is 1. The van der Waals surface area contributed by atoms with Crippen molar-refractivity contribution in [1.82, 2.24) is 10.9 Å². The van der Waals surface area contributed by atoms with E-state index in [0.717, 1.165) is 24.3 Å². The molecule has 2 aromatic rings. The van der Waals surface area contributed by atoms with Crippen LogP contribution in [0, 0.1) is 26.0 Å². The minimum absolute atomic E-state index is 0.0479. The lowest BCUT2D eigenvalue weighted by Crippen LogP contribution is -2.41. The van der Waals surface area contributed by atoms with E-state index < -0.39 is 38.9 Å². The molecule has 0 heterocycles. The van der Waals surface area contributed by atoms with E-state index in [1.54, 1.807) is 0 Å². The molecule has 0 aliphatic heterocycles. The zero-order valence-corrected chi connectivity index (χ0v) is 12.3.